The summed E-state index contributed by atoms with van der Waals surface area (Å²) in [7, 11) is 0. The van der Waals surface area contributed by atoms with Crippen LogP contribution in [0, 0.1) is 6.92 Å². The van der Waals surface area contributed by atoms with E-state index in [1.54, 1.807) is 23.5 Å². The molecule has 0 saturated heterocycles. The van der Waals surface area contributed by atoms with Gasteiger partial charge in [-0.15, -0.1) is 11.3 Å². The third kappa shape index (κ3) is 2.98. The second kappa shape index (κ2) is 5.75. The average Bonchev–Trinajstić information content (AvgIpc) is 2.79. The molecule has 0 saturated carbocycles. The van der Waals surface area contributed by atoms with Crippen LogP contribution in [0.3, 0.4) is 0 Å². The highest BCUT2D eigenvalue weighted by Crippen LogP contribution is 2.28. The quantitative estimate of drug-likeness (QED) is 0.920. The summed E-state index contributed by atoms with van der Waals surface area (Å²) < 4.78 is 25.0. The number of hydrogen-bond donors (Lipinski definition) is 1. The van der Waals surface area contributed by atoms with Crippen LogP contribution in [-0.2, 0) is 6.42 Å². The zero-order valence-electron chi connectivity index (χ0n) is 10.9. The Morgan fingerprint density at radius 3 is 2.26 bits per heavy atom. The van der Waals surface area contributed by atoms with E-state index in [0.717, 1.165) is 27.6 Å². The van der Waals surface area contributed by atoms with Gasteiger partial charge in [0, 0.05) is 10.4 Å². The van der Waals surface area contributed by atoms with Gasteiger partial charge in [-0.05, 0) is 18.9 Å². The molecule has 2 N–H and O–H groups in total. The summed E-state index contributed by atoms with van der Waals surface area (Å²) >= 11 is 1.57. The van der Waals surface area contributed by atoms with Gasteiger partial charge < -0.3 is 5.73 Å². The maximum atomic E-state index is 12.5. The predicted molar refractivity (Wildman–Crippen MR) is 73.7 cm³/mol. The Kier molecular flexibility index (Phi) is 4.27. The Bertz CT molecular complexity index is 549. The van der Waals surface area contributed by atoms with Gasteiger partial charge in [-0.3, -0.25) is 0 Å². The van der Waals surface area contributed by atoms with Crippen molar-refractivity contribution in [2.45, 2.75) is 32.7 Å². The fourth-order valence-electron chi connectivity index (χ4n) is 1.90. The Morgan fingerprint density at radius 2 is 1.79 bits per heavy atom. The van der Waals surface area contributed by atoms with Crippen molar-refractivity contribution in [2.24, 2.45) is 5.73 Å². The van der Waals surface area contributed by atoms with Crippen LogP contribution in [0.15, 0.2) is 24.3 Å². The van der Waals surface area contributed by atoms with Crippen LogP contribution in [0.25, 0.3) is 0 Å². The number of aryl methyl sites for hydroxylation is 2. The number of nitrogens with two attached hydrogens (primary N) is 1. The smallest absolute Gasteiger partial charge is 0.263 e. The maximum Gasteiger partial charge on any atom is 0.263 e. The Morgan fingerprint density at radius 1 is 1.21 bits per heavy atom. The Labute approximate surface area is 115 Å². The number of aromatic nitrogens is 1. The first-order valence-electron chi connectivity index (χ1n) is 6.12. The zero-order chi connectivity index (χ0) is 14.0. The largest absolute Gasteiger partial charge is 0.318 e. The van der Waals surface area contributed by atoms with E-state index in [4.69, 9.17) is 5.73 Å². The van der Waals surface area contributed by atoms with E-state index in [2.05, 4.69) is 11.9 Å². The molecule has 0 aliphatic rings. The molecule has 1 aromatic carbocycles. The van der Waals surface area contributed by atoms with Gasteiger partial charge in [-0.2, -0.15) is 0 Å². The van der Waals surface area contributed by atoms with E-state index < -0.39 is 6.43 Å². The first-order chi connectivity index (χ1) is 9.02. The van der Waals surface area contributed by atoms with E-state index in [-0.39, 0.29) is 11.6 Å². The van der Waals surface area contributed by atoms with Crippen molar-refractivity contribution in [3.63, 3.8) is 0 Å². The first kappa shape index (κ1) is 14.1. The standard InChI is InChI=1S/C14H16F2N2S/c1-3-11-8(2)19-14(18-11)12(17)9-4-6-10(7-5-9)13(15)16/h4-7,12-13H,3,17H2,1-2H3. The molecule has 0 aliphatic heterocycles. The molecule has 2 aromatic rings. The number of rotatable bonds is 4. The second-order valence-corrected chi connectivity index (χ2v) is 5.59. The molecular formula is C14H16F2N2S. The van der Waals surface area contributed by atoms with Gasteiger partial charge in [-0.25, -0.2) is 13.8 Å². The minimum absolute atomic E-state index is 0.0144. The maximum absolute atomic E-state index is 12.5. The Hall–Kier alpha value is -1.33. The van der Waals surface area contributed by atoms with Crippen LogP contribution < -0.4 is 5.73 Å². The molecule has 0 aliphatic carbocycles. The minimum atomic E-state index is -2.45. The highest BCUT2D eigenvalue weighted by molar-refractivity contribution is 7.11. The van der Waals surface area contributed by atoms with Gasteiger partial charge in [-0.1, -0.05) is 31.2 Å². The van der Waals surface area contributed by atoms with Crippen molar-refractivity contribution < 1.29 is 8.78 Å². The molecule has 0 radical (unpaired) electrons. The zero-order valence-corrected chi connectivity index (χ0v) is 11.7. The van der Waals surface area contributed by atoms with Gasteiger partial charge in [0.05, 0.1) is 11.7 Å². The van der Waals surface area contributed by atoms with Gasteiger partial charge in [0.15, 0.2) is 0 Å². The monoisotopic (exact) mass is 282 g/mol. The van der Waals surface area contributed by atoms with Crippen molar-refractivity contribution in [1.29, 1.82) is 0 Å². The SMILES string of the molecule is CCc1nc(C(N)c2ccc(C(F)F)cc2)sc1C. The fourth-order valence-corrected chi connectivity index (χ4v) is 2.94. The summed E-state index contributed by atoms with van der Waals surface area (Å²) in [5.74, 6) is 0. The summed E-state index contributed by atoms with van der Waals surface area (Å²) in [4.78, 5) is 5.67. The molecule has 1 heterocycles. The third-order valence-corrected chi connectivity index (χ3v) is 4.15. The van der Waals surface area contributed by atoms with E-state index in [9.17, 15) is 8.78 Å². The van der Waals surface area contributed by atoms with Crippen LogP contribution in [0.4, 0.5) is 8.78 Å². The number of hydrogen-bond acceptors (Lipinski definition) is 3. The average molecular weight is 282 g/mol. The number of nitrogens with zero attached hydrogens (tertiary/aromatic N) is 1. The van der Waals surface area contributed by atoms with E-state index in [1.165, 1.54) is 12.1 Å². The van der Waals surface area contributed by atoms with Crippen LogP contribution in [0.2, 0.25) is 0 Å². The van der Waals surface area contributed by atoms with Crippen LogP contribution in [0.5, 0.6) is 0 Å². The van der Waals surface area contributed by atoms with E-state index in [1.807, 2.05) is 6.92 Å². The molecule has 0 bridgehead atoms. The molecule has 1 aromatic heterocycles. The molecule has 1 atom stereocenters. The minimum Gasteiger partial charge on any atom is -0.318 e. The van der Waals surface area contributed by atoms with Crippen LogP contribution >= 0.6 is 11.3 Å². The van der Waals surface area contributed by atoms with Gasteiger partial charge in [0.2, 0.25) is 0 Å². The number of thiazole rings is 1. The molecule has 2 nitrogen and oxygen atoms in total. The lowest BCUT2D eigenvalue weighted by molar-refractivity contribution is 0.151. The Balaban J connectivity index is 2.25. The second-order valence-electron chi connectivity index (χ2n) is 4.35. The lowest BCUT2D eigenvalue weighted by Gasteiger charge is -2.09. The molecule has 0 amide bonds. The molecule has 5 heteroatoms. The lowest BCUT2D eigenvalue weighted by atomic mass is 10.1. The van der Waals surface area contributed by atoms with Gasteiger partial charge in [0.1, 0.15) is 5.01 Å². The van der Waals surface area contributed by atoms with Gasteiger partial charge in [0.25, 0.3) is 6.43 Å². The third-order valence-electron chi connectivity index (χ3n) is 3.06. The van der Waals surface area contributed by atoms with Crippen LogP contribution in [-0.4, -0.2) is 4.98 Å². The highest BCUT2D eigenvalue weighted by Gasteiger charge is 2.16. The topological polar surface area (TPSA) is 38.9 Å². The van der Waals surface area contributed by atoms with Gasteiger partial charge >= 0.3 is 0 Å². The normalized spacial score (nSPS) is 12.9. The molecule has 0 spiro atoms. The lowest BCUT2D eigenvalue weighted by Crippen LogP contribution is -2.11. The van der Waals surface area contributed by atoms with E-state index in [0.29, 0.717) is 0 Å². The predicted octanol–water partition coefficient (Wildman–Crippen LogP) is 4.00. The van der Waals surface area contributed by atoms with Crippen molar-refractivity contribution in [2.75, 3.05) is 0 Å². The van der Waals surface area contributed by atoms with Crippen molar-refractivity contribution in [3.8, 4) is 0 Å². The summed E-state index contributed by atoms with van der Waals surface area (Å²) in [6.45, 7) is 4.07. The van der Waals surface area contributed by atoms with Crippen molar-refractivity contribution >= 4 is 11.3 Å². The molecule has 1 unspecified atom stereocenters. The highest BCUT2D eigenvalue weighted by atomic mass is 32.1. The van der Waals surface area contributed by atoms with Crippen molar-refractivity contribution in [3.05, 3.63) is 51.0 Å². The molecule has 19 heavy (non-hydrogen) atoms. The summed E-state index contributed by atoms with van der Waals surface area (Å²) in [5, 5.41) is 0.833. The van der Waals surface area contributed by atoms with E-state index >= 15 is 0 Å². The molecule has 2 rings (SSSR count). The summed E-state index contributed by atoms with van der Waals surface area (Å²) in [5.41, 5.74) is 8.02. The number of benzene rings is 1. The number of halogens is 2. The molecule has 0 fully saturated rings. The summed E-state index contributed by atoms with van der Waals surface area (Å²) in [6.07, 6.45) is -1.57. The fraction of sp³-hybridized carbons (Fsp3) is 0.357. The first-order valence-corrected chi connectivity index (χ1v) is 6.94. The van der Waals surface area contributed by atoms with Crippen molar-refractivity contribution in [1.82, 2.24) is 4.98 Å². The van der Waals surface area contributed by atoms with Crippen LogP contribution in [0.1, 0.15) is 46.1 Å². The molecular weight excluding hydrogens is 266 g/mol. The number of alkyl halides is 2. The summed E-state index contributed by atoms with van der Waals surface area (Å²) in [6, 6.07) is 5.78. The molecule has 102 valence electrons.